The van der Waals surface area contributed by atoms with Gasteiger partial charge < -0.3 is 20.3 Å². The molecule has 3 aliphatic carbocycles. The van der Waals surface area contributed by atoms with Gasteiger partial charge in [-0.05, 0) is 32.1 Å². The Hall–Kier alpha value is -0.570. The van der Waals surface area contributed by atoms with Gasteiger partial charge in [0.1, 0.15) is 6.54 Å². The molecule has 142 valence electrons. The Morgan fingerprint density at radius 2 is 1.92 bits per heavy atom. The lowest BCUT2D eigenvalue weighted by molar-refractivity contribution is -0.127. The number of nitrogens with one attached hydrogen (secondary N) is 2. The average Bonchev–Trinajstić information content (AvgIpc) is 3.05. The Morgan fingerprint density at radius 3 is 2.56 bits per heavy atom. The van der Waals surface area contributed by atoms with Gasteiger partial charge in [-0.15, -0.1) is 24.0 Å². The van der Waals surface area contributed by atoms with Gasteiger partial charge in [-0.3, -0.25) is 4.79 Å². The monoisotopic (exact) mass is 462 g/mol. The summed E-state index contributed by atoms with van der Waals surface area (Å²) in [7, 11) is 3.55. The maximum atomic E-state index is 11.9. The van der Waals surface area contributed by atoms with E-state index in [0.29, 0.717) is 29.5 Å². The van der Waals surface area contributed by atoms with Crippen LogP contribution in [0.15, 0.2) is 4.99 Å². The van der Waals surface area contributed by atoms with Crippen molar-refractivity contribution in [3.63, 3.8) is 0 Å². The number of guanidine groups is 1. The number of hydrogen-bond donors (Lipinski definition) is 2. The predicted molar refractivity (Wildman–Crippen MR) is 108 cm³/mol. The normalized spacial score (nSPS) is 32.6. The molecule has 1 aliphatic heterocycles. The van der Waals surface area contributed by atoms with Crippen molar-refractivity contribution in [1.82, 2.24) is 15.5 Å². The molecule has 0 radical (unpaired) electrons. The van der Waals surface area contributed by atoms with Crippen molar-refractivity contribution in [1.29, 1.82) is 0 Å². The number of amides is 1. The molecule has 1 amide bonds. The molecule has 3 saturated carbocycles. The number of hydrogen-bond acceptors (Lipinski definition) is 3. The Bertz CT molecular complexity index is 529. The van der Waals surface area contributed by atoms with Gasteiger partial charge in [-0.25, -0.2) is 4.99 Å². The summed E-state index contributed by atoms with van der Waals surface area (Å²) in [6.45, 7) is 1.11. The van der Waals surface area contributed by atoms with E-state index in [1.165, 1.54) is 38.5 Å². The molecule has 3 atom stereocenters. The average molecular weight is 462 g/mol. The van der Waals surface area contributed by atoms with Crippen LogP contribution in [0.1, 0.15) is 44.9 Å². The number of nitrogens with zero attached hydrogens (tertiary/aromatic N) is 2. The standard InChI is InChI=1S/C18H30N4O2.HI/c1-22(2)14(23)11-19-17(20-12-5-6-12)21-15-13-7-10-24-16(13)18(15)8-3-4-9-18;/h12-13,15-16H,3-11H2,1-2H3,(H2,19,20,21);1H. The first-order chi connectivity index (χ1) is 11.6. The van der Waals surface area contributed by atoms with Crippen molar-refractivity contribution in [3.8, 4) is 0 Å². The molecule has 0 aromatic heterocycles. The maximum absolute atomic E-state index is 11.9. The number of halogens is 1. The molecule has 4 aliphatic rings. The molecular formula is C18H31IN4O2. The molecule has 2 N–H and O–H groups in total. The van der Waals surface area contributed by atoms with Crippen molar-refractivity contribution in [2.24, 2.45) is 16.3 Å². The zero-order valence-corrected chi connectivity index (χ0v) is 17.6. The number of aliphatic imine (C=N–C) groups is 1. The van der Waals surface area contributed by atoms with E-state index < -0.39 is 0 Å². The third-order valence-electron chi connectivity index (χ3n) is 6.37. The smallest absolute Gasteiger partial charge is 0.243 e. The van der Waals surface area contributed by atoms with Crippen LogP contribution in [0.25, 0.3) is 0 Å². The second kappa shape index (κ2) is 7.58. The summed E-state index contributed by atoms with van der Waals surface area (Å²) < 4.78 is 6.06. The summed E-state index contributed by atoms with van der Waals surface area (Å²) in [5.74, 6) is 1.48. The first kappa shape index (κ1) is 19.2. The Labute approximate surface area is 167 Å². The lowest BCUT2D eigenvalue weighted by Crippen LogP contribution is -2.69. The molecule has 1 saturated heterocycles. The molecule has 1 heterocycles. The summed E-state index contributed by atoms with van der Waals surface area (Å²) in [5.41, 5.74) is 0.304. The molecule has 0 bridgehead atoms. The van der Waals surface area contributed by atoms with E-state index in [-0.39, 0.29) is 36.4 Å². The lowest BCUT2D eigenvalue weighted by Gasteiger charge is -2.57. The highest BCUT2D eigenvalue weighted by Gasteiger charge is 2.65. The van der Waals surface area contributed by atoms with Crippen LogP contribution in [0.2, 0.25) is 0 Å². The minimum atomic E-state index is 0. The highest BCUT2D eigenvalue weighted by atomic mass is 127. The second-order valence-electron chi connectivity index (χ2n) is 8.18. The number of carbonyl (C=O) groups excluding carboxylic acids is 1. The van der Waals surface area contributed by atoms with Crippen LogP contribution in [0.3, 0.4) is 0 Å². The SMILES string of the molecule is CN(C)C(=O)CN=C(NC1CC1)NC1C2CCOC2C12CCCC2.I. The fourth-order valence-corrected chi connectivity index (χ4v) is 4.89. The molecule has 0 aromatic carbocycles. The van der Waals surface area contributed by atoms with Crippen LogP contribution < -0.4 is 10.6 Å². The minimum Gasteiger partial charge on any atom is -0.377 e. The lowest BCUT2D eigenvalue weighted by atomic mass is 9.54. The largest absolute Gasteiger partial charge is 0.377 e. The van der Waals surface area contributed by atoms with Gasteiger partial charge in [0, 0.05) is 44.1 Å². The number of fused-ring (bicyclic) bond motifs is 2. The molecule has 4 rings (SSSR count). The number of likely N-dealkylation sites (N-methyl/N-ethyl adjacent to an activating group) is 1. The maximum Gasteiger partial charge on any atom is 0.243 e. The van der Waals surface area contributed by atoms with E-state index in [2.05, 4.69) is 15.6 Å². The van der Waals surface area contributed by atoms with E-state index in [1.54, 1.807) is 19.0 Å². The van der Waals surface area contributed by atoms with E-state index in [1.807, 2.05) is 0 Å². The Morgan fingerprint density at radius 1 is 1.20 bits per heavy atom. The van der Waals surface area contributed by atoms with Crippen LogP contribution in [0.5, 0.6) is 0 Å². The van der Waals surface area contributed by atoms with E-state index >= 15 is 0 Å². The van der Waals surface area contributed by atoms with Gasteiger partial charge in [0.15, 0.2) is 5.96 Å². The van der Waals surface area contributed by atoms with Crippen molar-refractivity contribution in [2.45, 2.75) is 63.1 Å². The van der Waals surface area contributed by atoms with Crippen LogP contribution in [-0.2, 0) is 9.53 Å². The number of ether oxygens (including phenoxy) is 1. The summed E-state index contributed by atoms with van der Waals surface area (Å²) in [4.78, 5) is 18.1. The molecular weight excluding hydrogens is 431 g/mol. The Kier molecular flexibility index (Phi) is 5.82. The van der Waals surface area contributed by atoms with E-state index in [0.717, 1.165) is 19.0 Å². The third kappa shape index (κ3) is 3.63. The highest BCUT2D eigenvalue weighted by molar-refractivity contribution is 14.0. The van der Waals surface area contributed by atoms with Crippen molar-refractivity contribution in [3.05, 3.63) is 0 Å². The first-order valence-electron chi connectivity index (χ1n) is 9.49. The zero-order valence-electron chi connectivity index (χ0n) is 15.3. The topological polar surface area (TPSA) is 66.0 Å². The number of rotatable bonds is 4. The van der Waals surface area contributed by atoms with Crippen LogP contribution in [-0.4, -0.2) is 62.2 Å². The molecule has 7 heteroatoms. The van der Waals surface area contributed by atoms with Crippen molar-refractivity contribution < 1.29 is 9.53 Å². The summed E-state index contributed by atoms with van der Waals surface area (Å²) in [6.07, 6.45) is 9.15. The van der Waals surface area contributed by atoms with Gasteiger partial charge in [-0.1, -0.05) is 12.8 Å². The van der Waals surface area contributed by atoms with Crippen LogP contribution in [0, 0.1) is 11.3 Å². The second-order valence-corrected chi connectivity index (χ2v) is 8.18. The van der Waals surface area contributed by atoms with Gasteiger partial charge >= 0.3 is 0 Å². The van der Waals surface area contributed by atoms with Crippen LogP contribution in [0.4, 0.5) is 0 Å². The molecule has 4 fully saturated rings. The van der Waals surface area contributed by atoms with E-state index in [9.17, 15) is 4.79 Å². The highest BCUT2D eigenvalue weighted by Crippen LogP contribution is 2.60. The first-order valence-corrected chi connectivity index (χ1v) is 9.49. The fourth-order valence-electron chi connectivity index (χ4n) is 4.89. The molecule has 0 aromatic rings. The quantitative estimate of drug-likeness (QED) is 0.380. The van der Waals surface area contributed by atoms with E-state index in [4.69, 9.17) is 4.74 Å². The van der Waals surface area contributed by atoms with Gasteiger partial charge in [0.2, 0.25) is 5.91 Å². The summed E-state index contributed by atoms with van der Waals surface area (Å²) >= 11 is 0. The van der Waals surface area contributed by atoms with Gasteiger partial charge in [0.25, 0.3) is 0 Å². The molecule has 3 unspecified atom stereocenters. The van der Waals surface area contributed by atoms with Gasteiger partial charge in [-0.2, -0.15) is 0 Å². The van der Waals surface area contributed by atoms with Crippen molar-refractivity contribution >= 4 is 35.8 Å². The van der Waals surface area contributed by atoms with Crippen molar-refractivity contribution in [2.75, 3.05) is 27.2 Å². The molecule has 6 nitrogen and oxygen atoms in total. The zero-order chi connectivity index (χ0) is 16.7. The van der Waals surface area contributed by atoms with Crippen LogP contribution >= 0.6 is 24.0 Å². The Balaban J connectivity index is 0.00000182. The van der Waals surface area contributed by atoms with Gasteiger partial charge in [0.05, 0.1) is 6.10 Å². The summed E-state index contributed by atoms with van der Waals surface area (Å²) in [5, 5.41) is 7.21. The fraction of sp³-hybridized carbons (Fsp3) is 0.889. The molecule has 25 heavy (non-hydrogen) atoms. The third-order valence-corrected chi connectivity index (χ3v) is 6.37. The summed E-state index contributed by atoms with van der Waals surface area (Å²) in [6, 6.07) is 0.980. The number of carbonyl (C=O) groups is 1. The molecule has 1 spiro atoms. The minimum absolute atomic E-state index is 0. The predicted octanol–water partition coefficient (Wildman–Crippen LogP) is 1.74.